The molecular weight excluding hydrogens is 901 g/mol. The van der Waals surface area contributed by atoms with E-state index in [1.165, 1.54) is 180 Å². The van der Waals surface area contributed by atoms with Crippen molar-refractivity contribution in [2.24, 2.45) is 0 Å². The molecule has 0 aromatic carbocycles. The monoisotopic (exact) mass is 1020 g/mol. The van der Waals surface area contributed by atoms with Crippen LogP contribution in [0, 0.1) is 0 Å². The van der Waals surface area contributed by atoms with Crippen LogP contribution in [0.25, 0.3) is 0 Å². The van der Waals surface area contributed by atoms with Crippen LogP contribution in [0.1, 0.15) is 316 Å². The van der Waals surface area contributed by atoms with Crippen molar-refractivity contribution in [1.82, 2.24) is 0 Å². The molecule has 0 amide bonds. The number of rotatable bonds is 57. The van der Waals surface area contributed by atoms with E-state index in [0.717, 1.165) is 96.3 Å². The van der Waals surface area contributed by atoms with Crippen LogP contribution in [0.3, 0.4) is 0 Å². The summed E-state index contributed by atoms with van der Waals surface area (Å²) in [5.41, 5.74) is 0. The average molecular weight is 1020 g/mol. The molecule has 6 heteroatoms. The Morgan fingerprint density at radius 2 is 0.493 bits per heavy atom. The average Bonchev–Trinajstić information content (AvgIpc) is 3.39. The summed E-state index contributed by atoms with van der Waals surface area (Å²) in [6, 6.07) is 0. The third-order valence-corrected chi connectivity index (χ3v) is 13.7. The van der Waals surface area contributed by atoms with Crippen LogP contribution in [0.2, 0.25) is 0 Å². The highest BCUT2D eigenvalue weighted by molar-refractivity contribution is 5.71. The van der Waals surface area contributed by atoms with Crippen LogP contribution in [0.5, 0.6) is 0 Å². The molecule has 0 bridgehead atoms. The Labute approximate surface area is 453 Å². The van der Waals surface area contributed by atoms with E-state index in [9.17, 15) is 14.4 Å². The SMILES string of the molecule is CCCCC/C=C\C/C=C\C/C=C\CCCCCCCCC(=O)OC(COC(=O)CCCCCCCCCCC)COC(=O)CCCCCCCCCCCCCC/C=C\C/C=C\C/C=C\CCCCCCC. The van der Waals surface area contributed by atoms with E-state index in [1.807, 2.05) is 0 Å². The predicted octanol–water partition coefficient (Wildman–Crippen LogP) is 21.3. The molecule has 0 N–H and O–H groups in total. The number of ether oxygens (including phenoxy) is 3. The molecule has 1 atom stereocenters. The van der Waals surface area contributed by atoms with Gasteiger partial charge in [0.25, 0.3) is 0 Å². The van der Waals surface area contributed by atoms with Crippen LogP contribution in [-0.2, 0) is 28.6 Å². The normalized spacial score (nSPS) is 12.5. The molecule has 0 aliphatic heterocycles. The fourth-order valence-electron chi connectivity index (χ4n) is 8.93. The van der Waals surface area contributed by atoms with Gasteiger partial charge in [0.1, 0.15) is 13.2 Å². The smallest absolute Gasteiger partial charge is 0.306 e. The van der Waals surface area contributed by atoms with Gasteiger partial charge in [-0.1, -0.05) is 273 Å². The quantitative estimate of drug-likeness (QED) is 0.0261. The molecule has 0 aliphatic carbocycles. The molecule has 422 valence electrons. The van der Waals surface area contributed by atoms with Crippen LogP contribution < -0.4 is 0 Å². The molecule has 6 nitrogen and oxygen atoms in total. The topological polar surface area (TPSA) is 78.9 Å². The number of hydrogen-bond donors (Lipinski definition) is 0. The van der Waals surface area contributed by atoms with Gasteiger partial charge in [0.2, 0.25) is 0 Å². The van der Waals surface area contributed by atoms with Crippen LogP contribution >= 0.6 is 0 Å². The fraction of sp³-hybridized carbons (Fsp3) is 0.776. The van der Waals surface area contributed by atoms with Crippen molar-refractivity contribution in [3.8, 4) is 0 Å². The van der Waals surface area contributed by atoms with E-state index in [1.54, 1.807) is 0 Å². The van der Waals surface area contributed by atoms with Gasteiger partial charge in [0, 0.05) is 19.3 Å². The minimum Gasteiger partial charge on any atom is -0.462 e. The Morgan fingerprint density at radius 1 is 0.274 bits per heavy atom. The van der Waals surface area contributed by atoms with Crippen LogP contribution in [-0.4, -0.2) is 37.2 Å². The summed E-state index contributed by atoms with van der Waals surface area (Å²) in [6.45, 7) is 6.60. The summed E-state index contributed by atoms with van der Waals surface area (Å²) in [5.74, 6) is -0.885. The van der Waals surface area contributed by atoms with Gasteiger partial charge in [-0.3, -0.25) is 14.4 Å². The number of carbonyl (C=O) groups is 3. The van der Waals surface area contributed by atoms with Gasteiger partial charge in [-0.15, -0.1) is 0 Å². The maximum Gasteiger partial charge on any atom is 0.306 e. The van der Waals surface area contributed by atoms with Crippen LogP contribution in [0.15, 0.2) is 72.9 Å². The summed E-state index contributed by atoms with van der Waals surface area (Å²) in [5, 5.41) is 0. The van der Waals surface area contributed by atoms with Crippen molar-refractivity contribution in [1.29, 1.82) is 0 Å². The number of esters is 3. The molecule has 0 radical (unpaired) electrons. The zero-order chi connectivity index (χ0) is 52.9. The number of hydrogen-bond acceptors (Lipinski definition) is 6. The Bertz CT molecular complexity index is 1360. The Hall–Kier alpha value is -3.15. The lowest BCUT2D eigenvalue weighted by molar-refractivity contribution is -0.167. The molecule has 0 saturated carbocycles. The van der Waals surface area contributed by atoms with Gasteiger partial charge >= 0.3 is 17.9 Å². The fourth-order valence-corrected chi connectivity index (χ4v) is 8.93. The van der Waals surface area contributed by atoms with Crippen molar-refractivity contribution >= 4 is 17.9 Å². The van der Waals surface area contributed by atoms with E-state index in [2.05, 4.69) is 93.7 Å². The van der Waals surface area contributed by atoms with E-state index in [0.29, 0.717) is 19.3 Å². The summed E-state index contributed by atoms with van der Waals surface area (Å²) in [4.78, 5) is 38.1. The molecule has 1 unspecified atom stereocenters. The first-order valence-corrected chi connectivity index (χ1v) is 31.4. The standard InChI is InChI=1S/C67H118O6/c1-4-7-10-13-16-19-21-23-25-27-29-30-31-32-33-34-35-36-38-39-41-43-45-48-51-54-57-60-66(69)72-63-64(62-71-65(68)59-56-53-50-47-18-15-12-9-6-3)73-67(70)61-58-55-52-49-46-44-42-40-37-28-26-24-22-20-17-14-11-8-5-2/h17,20-21,23-24,26-27,29,31-32,37,40,64H,4-16,18-19,22,25,28,30,33-36,38-39,41-63H2,1-3H3/b20-17-,23-21-,26-24-,29-27-,32-31-,40-37-. The summed E-state index contributed by atoms with van der Waals surface area (Å²) in [6.07, 6.45) is 79.1. The van der Waals surface area contributed by atoms with Gasteiger partial charge in [-0.05, 0) is 96.3 Å². The highest BCUT2D eigenvalue weighted by Gasteiger charge is 2.19. The molecule has 73 heavy (non-hydrogen) atoms. The number of allylic oxidation sites excluding steroid dienone is 12. The minimum atomic E-state index is -0.781. The van der Waals surface area contributed by atoms with Crippen molar-refractivity contribution in [3.63, 3.8) is 0 Å². The molecule has 0 aliphatic rings. The maximum atomic E-state index is 12.9. The third kappa shape index (κ3) is 59.6. The van der Waals surface area contributed by atoms with Gasteiger partial charge in [0.05, 0.1) is 0 Å². The first-order valence-electron chi connectivity index (χ1n) is 31.4. The molecule has 0 aromatic rings. The van der Waals surface area contributed by atoms with Crippen LogP contribution in [0.4, 0.5) is 0 Å². The second-order valence-corrected chi connectivity index (χ2v) is 21.0. The van der Waals surface area contributed by atoms with Gasteiger partial charge in [0.15, 0.2) is 6.10 Å². The molecule has 0 spiro atoms. The minimum absolute atomic E-state index is 0.0789. The van der Waals surface area contributed by atoms with Crippen molar-refractivity contribution in [2.45, 2.75) is 322 Å². The lowest BCUT2D eigenvalue weighted by atomic mass is 10.0. The molecule has 0 rings (SSSR count). The Morgan fingerprint density at radius 3 is 0.795 bits per heavy atom. The number of carbonyl (C=O) groups excluding carboxylic acids is 3. The van der Waals surface area contributed by atoms with Crippen molar-refractivity contribution < 1.29 is 28.6 Å². The summed E-state index contributed by atoms with van der Waals surface area (Å²) >= 11 is 0. The second kappa shape index (κ2) is 61.4. The highest BCUT2D eigenvalue weighted by Crippen LogP contribution is 2.16. The van der Waals surface area contributed by atoms with E-state index >= 15 is 0 Å². The van der Waals surface area contributed by atoms with E-state index in [-0.39, 0.29) is 31.1 Å². The van der Waals surface area contributed by atoms with Gasteiger partial charge in [-0.25, -0.2) is 0 Å². The van der Waals surface area contributed by atoms with E-state index in [4.69, 9.17) is 14.2 Å². The Kier molecular flexibility index (Phi) is 58.7. The lowest BCUT2D eigenvalue weighted by Crippen LogP contribution is -2.30. The number of unbranched alkanes of at least 4 members (excludes halogenated alkanes) is 34. The van der Waals surface area contributed by atoms with E-state index < -0.39 is 6.10 Å². The molecule has 0 aromatic heterocycles. The van der Waals surface area contributed by atoms with Crippen molar-refractivity contribution in [2.75, 3.05) is 13.2 Å². The summed E-state index contributed by atoms with van der Waals surface area (Å²) in [7, 11) is 0. The molecule has 0 fully saturated rings. The zero-order valence-electron chi connectivity index (χ0n) is 48.4. The molecular formula is C67H118O6. The Balaban J connectivity index is 4.21. The first-order chi connectivity index (χ1) is 36.0. The largest absolute Gasteiger partial charge is 0.462 e. The maximum absolute atomic E-state index is 12.9. The van der Waals surface area contributed by atoms with Gasteiger partial charge in [-0.2, -0.15) is 0 Å². The molecule has 0 saturated heterocycles. The highest BCUT2D eigenvalue weighted by atomic mass is 16.6. The van der Waals surface area contributed by atoms with Crippen molar-refractivity contribution in [3.05, 3.63) is 72.9 Å². The summed E-state index contributed by atoms with van der Waals surface area (Å²) < 4.78 is 16.9. The third-order valence-electron chi connectivity index (χ3n) is 13.7. The second-order valence-electron chi connectivity index (χ2n) is 21.0. The lowest BCUT2D eigenvalue weighted by Gasteiger charge is -2.18. The molecule has 0 heterocycles. The zero-order valence-corrected chi connectivity index (χ0v) is 48.4. The predicted molar refractivity (Wildman–Crippen MR) is 316 cm³/mol. The first kappa shape index (κ1) is 69.8. The van der Waals surface area contributed by atoms with Gasteiger partial charge < -0.3 is 14.2 Å².